The molecular weight excluding hydrogens is 320 g/mol. The van der Waals surface area contributed by atoms with E-state index >= 15 is 0 Å². The first kappa shape index (κ1) is 19.2. The van der Waals surface area contributed by atoms with Crippen molar-refractivity contribution in [1.82, 2.24) is 0 Å². The average molecular weight is 349 g/mol. The van der Waals surface area contributed by atoms with E-state index < -0.39 is 8.32 Å². The molecule has 2 rings (SSSR count). The van der Waals surface area contributed by atoms with Crippen LogP contribution in [-0.4, -0.2) is 14.9 Å². The highest BCUT2D eigenvalue weighted by Gasteiger charge is 2.49. The number of hydrogen-bond donors (Lipinski definition) is 0. The summed E-state index contributed by atoms with van der Waals surface area (Å²) in [6.07, 6.45) is 4.58. The molecule has 0 saturated carbocycles. The molecule has 0 N–H and O–H groups in total. The van der Waals surface area contributed by atoms with Crippen molar-refractivity contribution < 1.29 is 4.43 Å². The van der Waals surface area contributed by atoms with Crippen molar-refractivity contribution >= 4 is 18.7 Å². The minimum absolute atomic E-state index is 0.0203. The summed E-state index contributed by atoms with van der Waals surface area (Å²) in [5, 5.41) is 2.65. The van der Waals surface area contributed by atoms with Crippen molar-refractivity contribution in [2.75, 3.05) is 6.61 Å². The first-order valence-electron chi connectivity index (χ1n) is 8.87. The maximum Gasteiger partial charge on any atom is 0.261 e. The summed E-state index contributed by atoms with van der Waals surface area (Å²) in [6, 6.07) is 21.5. The zero-order valence-corrected chi connectivity index (χ0v) is 16.8. The van der Waals surface area contributed by atoms with Gasteiger partial charge in [-0.15, -0.1) is 0 Å². The smallest absolute Gasteiger partial charge is 0.261 e. The van der Waals surface area contributed by atoms with Crippen LogP contribution in [0.1, 0.15) is 34.1 Å². The van der Waals surface area contributed by atoms with E-state index in [1.54, 1.807) is 0 Å². The quantitative estimate of drug-likeness (QED) is 0.438. The lowest BCUT2D eigenvalue weighted by atomic mass is 10.2. The lowest BCUT2D eigenvalue weighted by Crippen LogP contribution is -2.66. The molecule has 25 heavy (non-hydrogen) atoms. The highest BCUT2D eigenvalue weighted by Crippen LogP contribution is 2.36. The van der Waals surface area contributed by atoms with Gasteiger partial charge in [0.15, 0.2) is 0 Å². The molecule has 0 fully saturated rings. The Balaban J connectivity index is 2.44. The molecule has 2 heteroatoms. The lowest BCUT2D eigenvalue weighted by molar-refractivity contribution is 0.306. The van der Waals surface area contributed by atoms with Gasteiger partial charge in [-0.2, -0.15) is 0 Å². The Morgan fingerprint density at radius 2 is 1.44 bits per heavy atom. The zero-order chi connectivity index (χ0) is 18.2. The Kier molecular flexibility index (Phi) is 6.81. The van der Waals surface area contributed by atoms with Crippen LogP contribution in [0.2, 0.25) is 5.04 Å². The number of benzene rings is 2. The van der Waals surface area contributed by atoms with Gasteiger partial charge in [0.25, 0.3) is 8.32 Å². The molecule has 0 aliphatic heterocycles. The standard InChI is InChI=1S/C23H28OSi/c1-5-6-7-8-15-20-24-25(23(2,3)4,21-16-11-9-12-17-21)22-18-13-10-14-19-22/h5-6,9-14,16-19H,15,20H2,1-4H3/b6-5+. The van der Waals surface area contributed by atoms with Crippen LogP contribution in [0.3, 0.4) is 0 Å². The van der Waals surface area contributed by atoms with Crippen LogP contribution in [0.4, 0.5) is 0 Å². The van der Waals surface area contributed by atoms with Gasteiger partial charge in [0.2, 0.25) is 0 Å². The fourth-order valence-corrected chi connectivity index (χ4v) is 7.79. The van der Waals surface area contributed by atoms with Gasteiger partial charge >= 0.3 is 0 Å². The molecule has 0 atom stereocenters. The van der Waals surface area contributed by atoms with Crippen molar-refractivity contribution in [3.05, 3.63) is 72.8 Å². The Morgan fingerprint density at radius 3 is 1.88 bits per heavy atom. The van der Waals surface area contributed by atoms with Crippen LogP contribution in [0, 0.1) is 11.8 Å². The SMILES string of the molecule is C/C=C/C#CCCO[Si](c1ccccc1)(c1ccccc1)C(C)(C)C. The third kappa shape index (κ3) is 4.51. The van der Waals surface area contributed by atoms with Crippen LogP contribution >= 0.6 is 0 Å². The molecule has 0 amide bonds. The van der Waals surface area contributed by atoms with Gasteiger partial charge in [0.05, 0.1) is 0 Å². The van der Waals surface area contributed by atoms with E-state index in [0.29, 0.717) is 6.61 Å². The third-order valence-electron chi connectivity index (χ3n) is 4.31. The van der Waals surface area contributed by atoms with E-state index in [2.05, 4.69) is 93.3 Å². The minimum atomic E-state index is -2.40. The lowest BCUT2D eigenvalue weighted by Gasteiger charge is -2.43. The summed E-state index contributed by atoms with van der Waals surface area (Å²) in [7, 11) is -2.40. The molecule has 130 valence electrons. The largest absolute Gasteiger partial charge is 0.406 e. The van der Waals surface area contributed by atoms with Gasteiger partial charge in [0, 0.05) is 13.0 Å². The molecule has 0 unspecified atom stereocenters. The molecule has 0 spiro atoms. The van der Waals surface area contributed by atoms with E-state index in [1.807, 2.05) is 19.1 Å². The number of allylic oxidation sites excluding steroid dienone is 2. The third-order valence-corrected chi connectivity index (χ3v) is 9.36. The monoisotopic (exact) mass is 348 g/mol. The second-order valence-electron chi connectivity index (χ2n) is 7.08. The van der Waals surface area contributed by atoms with E-state index in [1.165, 1.54) is 10.4 Å². The molecule has 0 aromatic heterocycles. The molecule has 0 heterocycles. The number of rotatable bonds is 5. The van der Waals surface area contributed by atoms with Gasteiger partial charge < -0.3 is 4.43 Å². The van der Waals surface area contributed by atoms with Gasteiger partial charge in [-0.05, 0) is 28.4 Å². The molecule has 0 radical (unpaired) electrons. The maximum atomic E-state index is 6.76. The van der Waals surface area contributed by atoms with E-state index in [9.17, 15) is 0 Å². The molecule has 2 aromatic carbocycles. The predicted molar refractivity (Wildman–Crippen MR) is 111 cm³/mol. The molecule has 0 aliphatic carbocycles. The topological polar surface area (TPSA) is 9.23 Å². The van der Waals surface area contributed by atoms with Crippen molar-refractivity contribution in [3.8, 4) is 11.8 Å². The van der Waals surface area contributed by atoms with Crippen molar-refractivity contribution in [2.45, 2.75) is 39.2 Å². The summed E-state index contributed by atoms with van der Waals surface area (Å²) >= 11 is 0. The summed E-state index contributed by atoms with van der Waals surface area (Å²) in [4.78, 5) is 0. The predicted octanol–water partition coefficient (Wildman–Crippen LogP) is 4.53. The first-order chi connectivity index (χ1) is 12.0. The summed E-state index contributed by atoms with van der Waals surface area (Å²) in [5.74, 6) is 6.22. The number of hydrogen-bond acceptors (Lipinski definition) is 1. The van der Waals surface area contributed by atoms with Crippen molar-refractivity contribution in [1.29, 1.82) is 0 Å². The molecule has 2 aromatic rings. The highest BCUT2D eigenvalue weighted by atomic mass is 28.4. The van der Waals surface area contributed by atoms with Gasteiger partial charge in [-0.1, -0.05) is 99.4 Å². The second-order valence-corrected chi connectivity index (χ2v) is 11.4. The fraction of sp³-hybridized carbons (Fsp3) is 0.304. The summed E-state index contributed by atoms with van der Waals surface area (Å²) in [5.41, 5.74) is 0. The summed E-state index contributed by atoms with van der Waals surface area (Å²) < 4.78 is 6.76. The van der Waals surface area contributed by atoms with Crippen molar-refractivity contribution in [3.63, 3.8) is 0 Å². The van der Waals surface area contributed by atoms with Gasteiger partial charge in [-0.3, -0.25) is 0 Å². The Morgan fingerprint density at radius 1 is 0.920 bits per heavy atom. The fourth-order valence-electron chi connectivity index (χ4n) is 3.23. The van der Waals surface area contributed by atoms with Crippen LogP contribution in [0.15, 0.2) is 72.8 Å². The van der Waals surface area contributed by atoms with E-state index in [4.69, 9.17) is 4.43 Å². The Labute approximate surface area is 153 Å². The second kappa shape index (κ2) is 8.85. The zero-order valence-electron chi connectivity index (χ0n) is 15.8. The van der Waals surface area contributed by atoms with Crippen LogP contribution in [0.25, 0.3) is 0 Å². The molecule has 0 saturated heterocycles. The molecule has 0 bridgehead atoms. The van der Waals surface area contributed by atoms with Crippen molar-refractivity contribution in [2.24, 2.45) is 0 Å². The summed E-state index contributed by atoms with van der Waals surface area (Å²) in [6.45, 7) is 9.52. The van der Waals surface area contributed by atoms with Crippen LogP contribution < -0.4 is 10.4 Å². The average Bonchev–Trinajstić information content (AvgIpc) is 2.62. The molecule has 1 nitrogen and oxygen atoms in total. The van der Waals surface area contributed by atoms with Crippen LogP contribution in [0.5, 0.6) is 0 Å². The van der Waals surface area contributed by atoms with Gasteiger partial charge in [-0.25, -0.2) is 0 Å². The van der Waals surface area contributed by atoms with E-state index in [-0.39, 0.29) is 5.04 Å². The normalized spacial score (nSPS) is 12.0. The molecule has 0 aliphatic rings. The molecular formula is C23H28OSi. The minimum Gasteiger partial charge on any atom is -0.406 e. The van der Waals surface area contributed by atoms with E-state index in [0.717, 1.165) is 6.42 Å². The first-order valence-corrected chi connectivity index (χ1v) is 10.8. The Bertz CT molecular complexity index is 691. The van der Waals surface area contributed by atoms with Gasteiger partial charge in [0.1, 0.15) is 0 Å². The highest BCUT2D eigenvalue weighted by molar-refractivity contribution is 6.99. The van der Waals surface area contributed by atoms with Crippen LogP contribution in [-0.2, 0) is 4.43 Å². The Hall–Kier alpha value is -2.08. The maximum absolute atomic E-state index is 6.76.